The normalized spacial score (nSPS) is 36.6. The van der Waals surface area contributed by atoms with Gasteiger partial charge in [0.15, 0.2) is 5.78 Å². The minimum absolute atomic E-state index is 0.00573. The Kier molecular flexibility index (Phi) is 9.60. The summed E-state index contributed by atoms with van der Waals surface area (Å²) >= 11 is 0. The van der Waals surface area contributed by atoms with Crippen molar-refractivity contribution in [2.75, 3.05) is 19.8 Å². The number of halogens is 3. The number of carbonyl (C=O) groups excluding carboxylic acids is 1. The maximum Gasteiger partial charge on any atom is 0.573 e. The summed E-state index contributed by atoms with van der Waals surface area (Å²) in [5, 5.41) is 20.1. The van der Waals surface area contributed by atoms with E-state index in [2.05, 4.69) is 18.6 Å². The van der Waals surface area contributed by atoms with Gasteiger partial charge in [0.25, 0.3) is 0 Å². The van der Waals surface area contributed by atoms with Crippen LogP contribution in [0, 0.1) is 52.8 Å². The highest BCUT2D eigenvalue weighted by Crippen LogP contribution is 2.64. The summed E-state index contributed by atoms with van der Waals surface area (Å²) in [7, 11) is 0. The molecule has 4 N–H and O–H groups in total. The fraction of sp³-hybridized carbons (Fsp3) is 0.686. The summed E-state index contributed by atoms with van der Waals surface area (Å²) in [4.78, 5) is 38.6. The Hall–Kier alpha value is -3.16. The van der Waals surface area contributed by atoms with Crippen molar-refractivity contribution in [1.29, 1.82) is 0 Å². The molecular weight excluding hydrogens is 635 g/mol. The van der Waals surface area contributed by atoms with E-state index >= 15 is 0 Å². The second-order valence-corrected chi connectivity index (χ2v) is 14.8. The lowest BCUT2D eigenvalue weighted by atomic mass is 9.45. The van der Waals surface area contributed by atoms with E-state index in [4.69, 9.17) is 19.9 Å². The molecule has 1 aliphatic heterocycles. The average Bonchev–Trinajstić information content (AvgIpc) is 2.99. The predicted molar refractivity (Wildman–Crippen MR) is 164 cm³/mol. The minimum Gasteiger partial charge on any atom is -0.481 e. The zero-order valence-corrected chi connectivity index (χ0v) is 27.1. The number of ether oxygens (including phenoxy) is 4. The van der Waals surface area contributed by atoms with Gasteiger partial charge in [-0.2, -0.15) is 0 Å². The van der Waals surface area contributed by atoms with Gasteiger partial charge < -0.3 is 34.9 Å². The summed E-state index contributed by atoms with van der Waals surface area (Å²) in [6, 6.07) is 4.44. The van der Waals surface area contributed by atoms with Crippen LogP contribution in [0.3, 0.4) is 0 Å². The van der Waals surface area contributed by atoms with Crippen LogP contribution in [-0.4, -0.2) is 66.5 Å². The molecule has 2 bridgehead atoms. The number of fused-ring (bicyclic) bond motifs is 3. The zero-order chi connectivity index (χ0) is 34.5. The van der Waals surface area contributed by atoms with Gasteiger partial charge in [-0.3, -0.25) is 9.59 Å². The first-order valence-electron chi connectivity index (χ1n) is 16.9. The Balaban J connectivity index is 1.25. The van der Waals surface area contributed by atoms with Gasteiger partial charge in [0.2, 0.25) is 0 Å². The largest absolute Gasteiger partial charge is 0.573 e. The van der Waals surface area contributed by atoms with E-state index in [1.165, 1.54) is 24.3 Å². The lowest BCUT2D eigenvalue weighted by molar-refractivity contribution is -0.274. The third-order valence-electron chi connectivity index (χ3n) is 11.7. The average molecular weight is 680 g/mol. The standard InChI is InChI=1S/C35H44F3NO9/c1-17(2)11-19-5-8-22-21-9-10-24-23-14-45-16-34(24,25(21)12-27(40)30(22)29(19)32(41)42)13-28(47-33(43)44)31(23)46-15-26(39)18-3-6-20(7-4-18)48-35(36,37)38/h3-4,6-7,12,17,19,21-24,26,28-31H,5,8-11,13-16,39H2,1-2H3,(H,41,42)(H,43,44)/t19?,21?,22?,23?,24?,26?,28-,29-,30?,31-,34-/m1/s1. The summed E-state index contributed by atoms with van der Waals surface area (Å²) < 4.78 is 59.7. The molecule has 264 valence electrons. The number of alkyl halides is 3. The Bertz CT molecular complexity index is 1410. The molecule has 4 fully saturated rings. The number of nitrogens with two attached hydrogens (primary N) is 1. The Morgan fingerprint density at radius 1 is 1.08 bits per heavy atom. The number of hydrogen-bond acceptors (Lipinski definition) is 8. The highest BCUT2D eigenvalue weighted by atomic mass is 19.4. The monoisotopic (exact) mass is 679 g/mol. The van der Waals surface area contributed by atoms with Crippen LogP contribution in [0.25, 0.3) is 0 Å². The van der Waals surface area contributed by atoms with Gasteiger partial charge in [0.05, 0.1) is 37.9 Å². The van der Waals surface area contributed by atoms with Crippen LogP contribution in [-0.2, 0) is 23.8 Å². The number of ketones is 1. The van der Waals surface area contributed by atoms with Crippen molar-refractivity contribution in [3.8, 4) is 5.75 Å². The van der Waals surface area contributed by atoms with Crippen LogP contribution in [0.4, 0.5) is 18.0 Å². The molecule has 0 radical (unpaired) electrons. The molecule has 3 saturated carbocycles. The van der Waals surface area contributed by atoms with E-state index in [1.807, 2.05) is 0 Å². The van der Waals surface area contributed by atoms with Crippen LogP contribution >= 0.6 is 0 Å². The van der Waals surface area contributed by atoms with Gasteiger partial charge in [-0.15, -0.1) is 13.2 Å². The highest BCUT2D eigenvalue weighted by Gasteiger charge is 2.64. The molecule has 11 atom stereocenters. The molecule has 7 unspecified atom stereocenters. The van der Waals surface area contributed by atoms with Gasteiger partial charge >= 0.3 is 18.5 Å². The van der Waals surface area contributed by atoms with E-state index in [1.54, 1.807) is 6.08 Å². The Morgan fingerprint density at radius 2 is 1.81 bits per heavy atom. The second kappa shape index (κ2) is 13.3. The molecule has 0 spiro atoms. The minimum atomic E-state index is -4.82. The molecule has 1 aromatic rings. The molecule has 48 heavy (non-hydrogen) atoms. The molecule has 10 nitrogen and oxygen atoms in total. The van der Waals surface area contributed by atoms with Crippen molar-refractivity contribution in [2.45, 2.75) is 77.0 Å². The second-order valence-electron chi connectivity index (χ2n) is 14.8. The molecule has 0 amide bonds. The maximum atomic E-state index is 14.0. The summed E-state index contributed by atoms with van der Waals surface area (Å²) in [5.41, 5.74) is 7.16. The van der Waals surface area contributed by atoms with E-state index in [-0.39, 0.29) is 54.1 Å². The van der Waals surface area contributed by atoms with Crippen LogP contribution < -0.4 is 10.5 Å². The molecule has 6 rings (SSSR count). The number of benzene rings is 1. The SMILES string of the molecule is CC(C)CC1CCC2C3CCC4C5COC[C@@]4(C[C@@H](OC(=O)O)[C@@H]5OCC(N)c4ccc(OC(F)(F)F)cc4)C3=CC(=O)C2[C@@H]1C(=O)O. The Labute approximate surface area is 277 Å². The van der Waals surface area contributed by atoms with Crippen LogP contribution in [0.1, 0.15) is 64.0 Å². The molecular formula is C35H44F3NO9. The maximum absolute atomic E-state index is 14.0. The molecule has 1 heterocycles. The fourth-order valence-electron chi connectivity index (χ4n) is 10.1. The number of carboxylic acids is 1. The van der Waals surface area contributed by atoms with Gasteiger partial charge in [-0.25, -0.2) is 4.79 Å². The fourth-order valence-corrected chi connectivity index (χ4v) is 10.1. The highest BCUT2D eigenvalue weighted by molar-refractivity contribution is 5.97. The van der Waals surface area contributed by atoms with Crippen LogP contribution in [0.2, 0.25) is 0 Å². The third kappa shape index (κ3) is 6.57. The topological polar surface area (TPSA) is 155 Å². The number of rotatable bonds is 9. The first-order valence-corrected chi connectivity index (χ1v) is 16.9. The van der Waals surface area contributed by atoms with Crippen molar-refractivity contribution in [1.82, 2.24) is 0 Å². The van der Waals surface area contributed by atoms with Gasteiger partial charge in [0.1, 0.15) is 11.9 Å². The van der Waals surface area contributed by atoms with E-state index in [0.717, 1.165) is 37.7 Å². The lowest BCUT2D eigenvalue weighted by Gasteiger charge is -2.62. The first kappa shape index (κ1) is 34.7. The third-order valence-corrected chi connectivity index (χ3v) is 11.7. The Morgan fingerprint density at radius 3 is 2.46 bits per heavy atom. The summed E-state index contributed by atoms with van der Waals surface area (Å²) in [5.74, 6) is -2.86. The smallest absolute Gasteiger partial charge is 0.481 e. The lowest BCUT2D eigenvalue weighted by Crippen LogP contribution is -2.64. The summed E-state index contributed by atoms with van der Waals surface area (Å²) in [6.07, 6.45) is -2.09. The van der Waals surface area contributed by atoms with Gasteiger partial charge in [0, 0.05) is 17.3 Å². The number of carbonyl (C=O) groups is 3. The molecule has 1 aromatic carbocycles. The van der Waals surface area contributed by atoms with Crippen LogP contribution in [0.15, 0.2) is 35.9 Å². The number of carboxylic acid groups (broad SMARTS) is 2. The van der Waals surface area contributed by atoms with E-state index in [0.29, 0.717) is 24.7 Å². The van der Waals surface area contributed by atoms with Crippen molar-refractivity contribution in [2.24, 2.45) is 58.5 Å². The van der Waals surface area contributed by atoms with Gasteiger partial charge in [-0.05, 0) is 91.9 Å². The van der Waals surface area contributed by atoms with E-state index < -0.39 is 54.0 Å². The molecule has 13 heteroatoms. The number of aliphatic carboxylic acids is 1. The number of hydrogen-bond donors (Lipinski definition) is 3. The van der Waals surface area contributed by atoms with Crippen molar-refractivity contribution in [3.05, 3.63) is 41.5 Å². The van der Waals surface area contributed by atoms with Gasteiger partial charge in [-0.1, -0.05) is 31.6 Å². The quantitative estimate of drug-likeness (QED) is 0.265. The van der Waals surface area contributed by atoms with E-state index in [9.17, 15) is 37.8 Å². The zero-order valence-electron chi connectivity index (χ0n) is 27.1. The molecule has 0 aromatic heterocycles. The molecule has 5 aliphatic rings. The summed E-state index contributed by atoms with van der Waals surface area (Å²) in [6.45, 7) is 4.69. The van der Waals surface area contributed by atoms with Crippen molar-refractivity contribution in [3.63, 3.8) is 0 Å². The predicted octanol–water partition coefficient (Wildman–Crippen LogP) is 5.99. The van der Waals surface area contributed by atoms with Crippen molar-refractivity contribution >= 4 is 17.9 Å². The molecule has 1 saturated heterocycles. The first-order chi connectivity index (χ1) is 22.7. The van der Waals surface area contributed by atoms with Crippen LogP contribution in [0.5, 0.6) is 5.75 Å². The number of allylic oxidation sites excluding steroid dienone is 1. The van der Waals surface area contributed by atoms with Crippen molar-refractivity contribution < 1.29 is 56.7 Å². The molecule has 4 aliphatic carbocycles.